The average Bonchev–Trinajstić information content (AvgIpc) is 1.99. The van der Waals surface area contributed by atoms with Crippen LogP contribution in [0.1, 0.15) is 33.6 Å². The van der Waals surface area contributed by atoms with Gasteiger partial charge in [-0.15, -0.1) is 0 Å². The number of carbonyl (C=O) groups excluding carboxylic acids is 2. The van der Waals surface area contributed by atoms with Gasteiger partial charge in [0.15, 0.2) is 0 Å². The van der Waals surface area contributed by atoms with Gasteiger partial charge in [-0.05, 0) is 27.2 Å². The number of imide groups is 1. The Bertz CT molecular complexity index is 270. The minimum absolute atomic E-state index is 0.129. The predicted molar refractivity (Wildman–Crippen MR) is 55.2 cm³/mol. The highest BCUT2D eigenvalue weighted by Gasteiger charge is 2.31. The van der Waals surface area contributed by atoms with Crippen LogP contribution in [0.3, 0.4) is 0 Å². The molecule has 15 heavy (non-hydrogen) atoms. The summed E-state index contributed by atoms with van der Waals surface area (Å²) in [6.45, 7) is 5.66. The SMILES string of the molecule is CC(C)(C)OC(=O)N1CC[C@H](N)CC1=O. The molecule has 0 aromatic carbocycles. The van der Waals surface area contributed by atoms with Gasteiger partial charge in [0.05, 0.1) is 0 Å². The number of nitrogens with zero attached hydrogens (tertiary/aromatic N) is 1. The van der Waals surface area contributed by atoms with Crippen LogP contribution in [0.2, 0.25) is 0 Å². The topological polar surface area (TPSA) is 72.6 Å². The molecule has 0 radical (unpaired) electrons. The van der Waals surface area contributed by atoms with E-state index in [1.165, 1.54) is 0 Å². The molecule has 0 bridgehead atoms. The van der Waals surface area contributed by atoms with Crippen molar-refractivity contribution in [1.29, 1.82) is 0 Å². The number of likely N-dealkylation sites (tertiary alicyclic amines) is 1. The van der Waals surface area contributed by atoms with Gasteiger partial charge in [-0.1, -0.05) is 0 Å². The molecule has 1 aliphatic rings. The molecule has 0 unspecified atom stereocenters. The maximum Gasteiger partial charge on any atom is 0.417 e. The lowest BCUT2D eigenvalue weighted by molar-refractivity contribution is -0.132. The van der Waals surface area contributed by atoms with E-state index in [9.17, 15) is 9.59 Å². The first-order valence-electron chi connectivity index (χ1n) is 5.08. The molecule has 86 valence electrons. The Hall–Kier alpha value is -1.10. The Morgan fingerprint density at radius 1 is 1.53 bits per heavy atom. The van der Waals surface area contributed by atoms with Gasteiger partial charge in [0.25, 0.3) is 0 Å². The standard InChI is InChI=1S/C10H18N2O3/c1-10(2,3)15-9(14)12-5-4-7(11)6-8(12)13/h7H,4-6,11H2,1-3H3/t7-/m0/s1. The third kappa shape index (κ3) is 3.51. The Morgan fingerprint density at radius 3 is 2.60 bits per heavy atom. The second kappa shape index (κ2) is 4.18. The van der Waals surface area contributed by atoms with E-state index in [0.29, 0.717) is 13.0 Å². The summed E-state index contributed by atoms with van der Waals surface area (Å²) in [6.07, 6.45) is 0.295. The van der Waals surface area contributed by atoms with Crippen molar-refractivity contribution in [3.05, 3.63) is 0 Å². The molecule has 1 atom stereocenters. The molecule has 0 aromatic rings. The first-order valence-corrected chi connectivity index (χ1v) is 5.08. The fourth-order valence-corrected chi connectivity index (χ4v) is 1.37. The Kier molecular flexibility index (Phi) is 3.34. The van der Waals surface area contributed by atoms with Crippen molar-refractivity contribution in [1.82, 2.24) is 4.90 Å². The second-order valence-electron chi connectivity index (χ2n) is 4.78. The number of nitrogens with two attached hydrogens (primary N) is 1. The molecule has 1 saturated heterocycles. The fourth-order valence-electron chi connectivity index (χ4n) is 1.37. The third-order valence-electron chi connectivity index (χ3n) is 2.08. The van der Waals surface area contributed by atoms with Crippen LogP contribution in [0.4, 0.5) is 4.79 Å². The van der Waals surface area contributed by atoms with Crippen molar-refractivity contribution in [2.75, 3.05) is 6.54 Å². The van der Waals surface area contributed by atoms with E-state index in [-0.39, 0.29) is 18.4 Å². The lowest BCUT2D eigenvalue weighted by Gasteiger charge is -2.30. The van der Waals surface area contributed by atoms with Crippen LogP contribution in [0, 0.1) is 0 Å². The van der Waals surface area contributed by atoms with Crippen molar-refractivity contribution >= 4 is 12.0 Å². The Balaban J connectivity index is 2.57. The van der Waals surface area contributed by atoms with Gasteiger partial charge >= 0.3 is 6.09 Å². The lowest BCUT2D eigenvalue weighted by atomic mass is 10.1. The number of hydrogen-bond acceptors (Lipinski definition) is 4. The molecular weight excluding hydrogens is 196 g/mol. The van der Waals surface area contributed by atoms with E-state index in [1.807, 2.05) is 0 Å². The molecule has 2 amide bonds. The Labute approximate surface area is 89.6 Å². The zero-order valence-electron chi connectivity index (χ0n) is 9.45. The van der Waals surface area contributed by atoms with Crippen molar-refractivity contribution in [3.8, 4) is 0 Å². The highest BCUT2D eigenvalue weighted by atomic mass is 16.6. The highest BCUT2D eigenvalue weighted by Crippen LogP contribution is 2.15. The van der Waals surface area contributed by atoms with Crippen LogP contribution in [0.5, 0.6) is 0 Å². The maximum absolute atomic E-state index is 11.6. The molecular formula is C10H18N2O3. The lowest BCUT2D eigenvalue weighted by Crippen LogP contribution is -2.48. The number of ether oxygens (including phenoxy) is 1. The zero-order valence-corrected chi connectivity index (χ0v) is 9.45. The van der Waals surface area contributed by atoms with Gasteiger partial charge in [0.2, 0.25) is 5.91 Å². The van der Waals surface area contributed by atoms with E-state index in [1.54, 1.807) is 20.8 Å². The van der Waals surface area contributed by atoms with Crippen LogP contribution in [0.25, 0.3) is 0 Å². The molecule has 1 fully saturated rings. The minimum Gasteiger partial charge on any atom is -0.443 e. The zero-order chi connectivity index (χ0) is 11.6. The van der Waals surface area contributed by atoms with Crippen LogP contribution in [-0.2, 0) is 9.53 Å². The van der Waals surface area contributed by atoms with E-state index >= 15 is 0 Å². The molecule has 0 spiro atoms. The molecule has 2 N–H and O–H groups in total. The summed E-state index contributed by atoms with van der Waals surface area (Å²) in [7, 11) is 0. The van der Waals surface area contributed by atoms with Gasteiger partial charge in [0.1, 0.15) is 5.60 Å². The Morgan fingerprint density at radius 2 is 2.13 bits per heavy atom. The average molecular weight is 214 g/mol. The van der Waals surface area contributed by atoms with Crippen molar-refractivity contribution < 1.29 is 14.3 Å². The molecule has 5 nitrogen and oxygen atoms in total. The summed E-state index contributed by atoms with van der Waals surface area (Å²) in [6, 6.07) is -0.129. The van der Waals surface area contributed by atoms with E-state index in [0.717, 1.165) is 4.90 Å². The van der Waals surface area contributed by atoms with Crippen LogP contribution in [-0.4, -0.2) is 35.1 Å². The fraction of sp³-hybridized carbons (Fsp3) is 0.800. The normalized spacial score (nSPS) is 22.8. The van der Waals surface area contributed by atoms with Gasteiger partial charge in [-0.2, -0.15) is 0 Å². The number of hydrogen-bond donors (Lipinski definition) is 1. The van der Waals surface area contributed by atoms with Crippen molar-refractivity contribution in [2.45, 2.75) is 45.3 Å². The quantitative estimate of drug-likeness (QED) is 0.649. The molecule has 1 heterocycles. The van der Waals surface area contributed by atoms with Gasteiger partial charge < -0.3 is 10.5 Å². The summed E-state index contributed by atoms with van der Waals surface area (Å²) in [5, 5.41) is 0. The number of carbonyl (C=O) groups is 2. The van der Waals surface area contributed by atoms with Gasteiger partial charge in [-0.3, -0.25) is 4.79 Å². The summed E-state index contributed by atoms with van der Waals surface area (Å²) < 4.78 is 5.11. The largest absolute Gasteiger partial charge is 0.443 e. The predicted octanol–water partition coefficient (Wildman–Crippen LogP) is 0.871. The first kappa shape index (κ1) is 12.0. The molecule has 0 saturated carbocycles. The highest BCUT2D eigenvalue weighted by molar-refractivity contribution is 5.92. The van der Waals surface area contributed by atoms with Crippen molar-refractivity contribution in [2.24, 2.45) is 5.73 Å². The van der Waals surface area contributed by atoms with Gasteiger partial charge in [0, 0.05) is 19.0 Å². The monoisotopic (exact) mass is 214 g/mol. The molecule has 5 heteroatoms. The molecule has 0 aromatic heterocycles. The van der Waals surface area contributed by atoms with E-state index in [4.69, 9.17) is 10.5 Å². The summed E-state index contributed by atoms with van der Waals surface area (Å²) >= 11 is 0. The van der Waals surface area contributed by atoms with Crippen molar-refractivity contribution in [3.63, 3.8) is 0 Å². The number of rotatable bonds is 0. The first-order chi connectivity index (χ1) is 6.79. The van der Waals surface area contributed by atoms with Crippen LogP contribution in [0.15, 0.2) is 0 Å². The third-order valence-corrected chi connectivity index (χ3v) is 2.08. The van der Waals surface area contributed by atoms with Crippen LogP contribution >= 0.6 is 0 Å². The summed E-state index contributed by atoms with van der Waals surface area (Å²) in [5.74, 6) is -0.247. The smallest absolute Gasteiger partial charge is 0.417 e. The van der Waals surface area contributed by atoms with E-state index in [2.05, 4.69) is 0 Å². The maximum atomic E-state index is 11.6. The minimum atomic E-state index is -0.572. The molecule has 0 aliphatic carbocycles. The second-order valence-corrected chi connectivity index (χ2v) is 4.78. The van der Waals surface area contributed by atoms with E-state index < -0.39 is 11.7 Å². The number of amides is 2. The number of piperidine rings is 1. The summed E-state index contributed by atoms with van der Waals surface area (Å²) in [5.41, 5.74) is 5.04. The molecule has 1 rings (SSSR count). The van der Waals surface area contributed by atoms with Gasteiger partial charge in [-0.25, -0.2) is 9.69 Å². The molecule has 1 aliphatic heterocycles. The summed E-state index contributed by atoms with van der Waals surface area (Å²) in [4.78, 5) is 24.2. The van der Waals surface area contributed by atoms with Crippen LogP contribution < -0.4 is 5.73 Å².